The largest absolute Gasteiger partial charge is 0.359 e. The molecule has 4 heteroatoms. The van der Waals surface area contributed by atoms with Gasteiger partial charge in [-0.2, -0.15) is 0 Å². The fraction of sp³-hybridized carbons (Fsp3) is 0.545. The van der Waals surface area contributed by atoms with E-state index in [0.717, 1.165) is 31.0 Å². The van der Waals surface area contributed by atoms with Crippen LogP contribution in [0.2, 0.25) is 0 Å². The van der Waals surface area contributed by atoms with Gasteiger partial charge in [-0.15, -0.1) is 0 Å². The molecule has 2 rings (SSSR count). The first-order valence-corrected chi connectivity index (χ1v) is 5.32. The maximum atomic E-state index is 11.7. The molecule has 0 fully saturated rings. The Balaban J connectivity index is 2.50. The minimum absolute atomic E-state index is 0.164. The maximum Gasteiger partial charge on any atom is 0.168 e. The zero-order chi connectivity index (χ0) is 10.8. The summed E-state index contributed by atoms with van der Waals surface area (Å²) in [4.78, 5) is 22.4. The van der Waals surface area contributed by atoms with E-state index >= 15 is 0 Å². The molecule has 2 heterocycles. The van der Waals surface area contributed by atoms with Crippen molar-refractivity contribution >= 4 is 11.6 Å². The van der Waals surface area contributed by atoms with E-state index in [-0.39, 0.29) is 5.78 Å². The lowest BCUT2D eigenvalue weighted by molar-refractivity contribution is 0.0983. The van der Waals surface area contributed by atoms with Gasteiger partial charge in [0.1, 0.15) is 11.6 Å². The third-order valence-corrected chi connectivity index (χ3v) is 2.69. The molecule has 0 aromatic carbocycles. The van der Waals surface area contributed by atoms with Crippen molar-refractivity contribution in [3.63, 3.8) is 0 Å². The number of ketones is 1. The van der Waals surface area contributed by atoms with Crippen molar-refractivity contribution in [3.8, 4) is 0 Å². The van der Waals surface area contributed by atoms with Gasteiger partial charge in [-0.1, -0.05) is 6.92 Å². The van der Waals surface area contributed by atoms with E-state index in [2.05, 4.69) is 9.97 Å². The first-order chi connectivity index (χ1) is 7.22. The summed E-state index contributed by atoms with van der Waals surface area (Å²) in [5.74, 6) is 1.76. The molecule has 1 aromatic heterocycles. The quantitative estimate of drug-likeness (QED) is 0.696. The van der Waals surface area contributed by atoms with Crippen LogP contribution in [0.4, 0.5) is 5.82 Å². The highest BCUT2D eigenvalue weighted by Gasteiger charge is 2.20. The Morgan fingerprint density at radius 3 is 3.07 bits per heavy atom. The van der Waals surface area contributed by atoms with E-state index in [1.54, 1.807) is 6.20 Å². The first kappa shape index (κ1) is 10.1. The van der Waals surface area contributed by atoms with Crippen molar-refractivity contribution in [3.05, 3.63) is 17.6 Å². The summed E-state index contributed by atoms with van der Waals surface area (Å²) in [7, 11) is 1.98. The fourth-order valence-electron chi connectivity index (χ4n) is 1.78. The van der Waals surface area contributed by atoms with Crippen LogP contribution in [-0.4, -0.2) is 29.3 Å². The lowest BCUT2D eigenvalue weighted by Crippen LogP contribution is -2.20. The van der Waals surface area contributed by atoms with Gasteiger partial charge in [-0.05, 0) is 6.42 Å². The Labute approximate surface area is 89.3 Å². The molecule has 0 saturated heterocycles. The summed E-state index contributed by atoms with van der Waals surface area (Å²) < 4.78 is 0. The number of anilines is 1. The molecule has 1 aromatic rings. The Bertz CT molecular complexity index is 389. The van der Waals surface area contributed by atoms with Crippen molar-refractivity contribution in [1.82, 2.24) is 9.97 Å². The summed E-state index contributed by atoms with van der Waals surface area (Å²) in [6, 6.07) is 0. The van der Waals surface area contributed by atoms with Crippen LogP contribution in [0.25, 0.3) is 0 Å². The number of hydrogen-bond acceptors (Lipinski definition) is 4. The fourth-order valence-corrected chi connectivity index (χ4v) is 1.78. The SMILES string of the molecule is CCc1ncc2c(n1)N(C)CCCC2=O. The lowest BCUT2D eigenvalue weighted by Gasteiger charge is -2.17. The number of nitrogens with zero attached hydrogens (tertiary/aromatic N) is 3. The van der Waals surface area contributed by atoms with Crippen LogP contribution in [-0.2, 0) is 6.42 Å². The minimum Gasteiger partial charge on any atom is -0.359 e. The van der Waals surface area contributed by atoms with E-state index in [1.165, 1.54) is 0 Å². The third kappa shape index (κ3) is 1.84. The van der Waals surface area contributed by atoms with Crippen LogP contribution in [0.3, 0.4) is 0 Å². The smallest absolute Gasteiger partial charge is 0.168 e. The van der Waals surface area contributed by atoms with Gasteiger partial charge in [-0.3, -0.25) is 4.79 Å². The molecular formula is C11H15N3O. The molecular weight excluding hydrogens is 190 g/mol. The molecule has 4 nitrogen and oxygen atoms in total. The first-order valence-electron chi connectivity index (χ1n) is 5.32. The number of carbonyl (C=O) groups excluding carboxylic acids is 1. The van der Waals surface area contributed by atoms with Gasteiger partial charge < -0.3 is 4.90 Å². The van der Waals surface area contributed by atoms with Crippen molar-refractivity contribution in [2.24, 2.45) is 0 Å². The molecule has 0 unspecified atom stereocenters. The Morgan fingerprint density at radius 2 is 2.33 bits per heavy atom. The van der Waals surface area contributed by atoms with E-state index in [0.29, 0.717) is 12.0 Å². The number of Topliss-reactive ketones (excluding diaryl/α,β-unsaturated/α-hetero) is 1. The summed E-state index contributed by atoms with van der Waals surface area (Å²) in [5, 5.41) is 0. The van der Waals surface area contributed by atoms with Crippen molar-refractivity contribution < 1.29 is 4.79 Å². The zero-order valence-corrected chi connectivity index (χ0v) is 9.16. The maximum absolute atomic E-state index is 11.7. The second-order valence-corrected chi connectivity index (χ2v) is 3.83. The summed E-state index contributed by atoms with van der Waals surface area (Å²) in [5.41, 5.74) is 0.673. The number of hydrogen-bond donors (Lipinski definition) is 0. The van der Waals surface area contributed by atoms with E-state index in [1.807, 2.05) is 18.9 Å². The molecule has 0 atom stereocenters. The van der Waals surface area contributed by atoms with E-state index in [9.17, 15) is 4.79 Å². The molecule has 0 N–H and O–H groups in total. The molecule has 0 bridgehead atoms. The van der Waals surface area contributed by atoms with E-state index < -0.39 is 0 Å². The van der Waals surface area contributed by atoms with Crippen LogP contribution >= 0.6 is 0 Å². The summed E-state index contributed by atoms with van der Waals surface area (Å²) in [6.45, 7) is 2.90. The molecule has 0 amide bonds. The van der Waals surface area contributed by atoms with Gasteiger partial charge in [0.2, 0.25) is 0 Å². The Kier molecular flexibility index (Phi) is 2.66. The van der Waals surface area contributed by atoms with Gasteiger partial charge in [0.25, 0.3) is 0 Å². The average Bonchev–Trinajstić information content (AvgIpc) is 2.40. The standard InChI is InChI=1S/C11H15N3O/c1-3-10-12-7-8-9(15)5-4-6-14(2)11(8)13-10/h7H,3-6H2,1-2H3. The van der Waals surface area contributed by atoms with Crippen LogP contribution in [0.1, 0.15) is 35.9 Å². The summed E-state index contributed by atoms with van der Waals surface area (Å²) in [6.07, 6.45) is 3.97. The number of carbonyl (C=O) groups is 1. The molecule has 0 saturated carbocycles. The molecule has 0 radical (unpaired) electrons. The van der Waals surface area contributed by atoms with E-state index in [4.69, 9.17) is 0 Å². The Morgan fingerprint density at radius 1 is 1.53 bits per heavy atom. The van der Waals surface area contributed by atoms with Gasteiger partial charge in [0, 0.05) is 32.6 Å². The van der Waals surface area contributed by atoms with Crippen LogP contribution < -0.4 is 4.90 Å². The lowest BCUT2D eigenvalue weighted by atomic mass is 10.1. The number of fused-ring (bicyclic) bond motifs is 1. The van der Waals surface area contributed by atoms with Crippen LogP contribution in [0.15, 0.2) is 6.20 Å². The molecule has 15 heavy (non-hydrogen) atoms. The zero-order valence-electron chi connectivity index (χ0n) is 9.16. The molecule has 0 aliphatic carbocycles. The highest BCUT2D eigenvalue weighted by Crippen LogP contribution is 2.22. The molecule has 80 valence electrons. The Hall–Kier alpha value is -1.45. The van der Waals surface area contributed by atoms with Gasteiger partial charge in [0.15, 0.2) is 5.78 Å². The minimum atomic E-state index is 0.164. The molecule has 0 spiro atoms. The van der Waals surface area contributed by atoms with Gasteiger partial charge in [0.05, 0.1) is 5.56 Å². The van der Waals surface area contributed by atoms with Crippen molar-refractivity contribution in [2.45, 2.75) is 26.2 Å². The van der Waals surface area contributed by atoms with Crippen molar-refractivity contribution in [1.29, 1.82) is 0 Å². The number of aromatic nitrogens is 2. The topological polar surface area (TPSA) is 46.1 Å². The van der Waals surface area contributed by atoms with Crippen LogP contribution in [0.5, 0.6) is 0 Å². The van der Waals surface area contributed by atoms with Crippen molar-refractivity contribution in [2.75, 3.05) is 18.5 Å². The highest BCUT2D eigenvalue weighted by molar-refractivity contribution is 6.00. The van der Waals surface area contributed by atoms with Gasteiger partial charge >= 0.3 is 0 Å². The molecule has 1 aliphatic heterocycles. The predicted molar refractivity (Wildman–Crippen MR) is 58.2 cm³/mol. The highest BCUT2D eigenvalue weighted by atomic mass is 16.1. The number of rotatable bonds is 1. The third-order valence-electron chi connectivity index (χ3n) is 2.69. The second-order valence-electron chi connectivity index (χ2n) is 3.83. The monoisotopic (exact) mass is 205 g/mol. The van der Waals surface area contributed by atoms with Crippen LogP contribution in [0, 0.1) is 0 Å². The molecule has 1 aliphatic rings. The second kappa shape index (κ2) is 3.96. The number of aryl methyl sites for hydroxylation is 1. The van der Waals surface area contributed by atoms with Gasteiger partial charge in [-0.25, -0.2) is 9.97 Å². The summed E-state index contributed by atoms with van der Waals surface area (Å²) >= 11 is 0. The normalized spacial score (nSPS) is 16.1. The predicted octanol–water partition coefficient (Wildman–Crippen LogP) is 1.45. The average molecular weight is 205 g/mol.